The van der Waals surface area contributed by atoms with Crippen molar-refractivity contribution in [3.05, 3.63) is 72.0 Å². The molecule has 0 aliphatic heterocycles. The topological polar surface area (TPSA) is 0 Å². The van der Waals surface area contributed by atoms with Gasteiger partial charge < -0.3 is 27.0 Å². The number of rotatable bonds is 0. The Hall–Kier alpha value is 5.32. The third-order valence-electron chi connectivity index (χ3n) is 5.48. The molecular formula is C22H34Cl6Ru2S2Sb2+2. The second-order valence-corrected chi connectivity index (χ2v) is 14.5. The molecule has 0 unspecified atom stereocenters. The van der Waals surface area contributed by atoms with Crippen molar-refractivity contribution >= 4 is 120 Å². The van der Waals surface area contributed by atoms with E-state index >= 15 is 0 Å². The maximum absolute atomic E-state index is 4.91. The van der Waals surface area contributed by atoms with Gasteiger partial charge in [0.25, 0.3) is 0 Å². The van der Waals surface area contributed by atoms with Crippen LogP contribution in [0.2, 0.25) is 0 Å². The molecule has 12 heteroatoms. The van der Waals surface area contributed by atoms with Crippen molar-refractivity contribution in [1.82, 2.24) is 0 Å². The molecule has 14 radical (unpaired) electrons. The fourth-order valence-electron chi connectivity index (χ4n) is 2.83. The Morgan fingerprint density at radius 2 is 0.529 bits per heavy atom. The third kappa shape index (κ3) is 24.0. The molecule has 0 atom stereocenters. The van der Waals surface area contributed by atoms with E-state index < -0.39 is 38.7 Å². The van der Waals surface area contributed by atoms with Gasteiger partial charge >= 0.3 is 128 Å². The van der Waals surface area contributed by atoms with E-state index in [1.165, 1.54) is 59.2 Å². The van der Waals surface area contributed by atoms with Gasteiger partial charge in [-0.1, -0.05) is 69.2 Å². The zero-order valence-corrected chi connectivity index (χ0v) is 35.8. The fraction of sp³-hybridized carbons (Fsp3) is 0.455. The first-order valence-corrected chi connectivity index (χ1v) is 26.5. The minimum atomic E-state index is -0.706. The monoisotopic (exact) mass is 1020 g/mol. The van der Waals surface area contributed by atoms with E-state index in [1.54, 1.807) is 0 Å². The summed E-state index contributed by atoms with van der Waals surface area (Å²) >= 11 is 2.23. The third-order valence-corrected chi connectivity index (χ3v) is 5.48. The minimum absolute atomic E-state index is 0. The molecule has 0 aromatic rings. The molecule has 2 aliphatic carbocycles. The van der Waals surface area contributed by atoms with Crippen LogP contribution in [0.4, 0.5) is 0 Å². The molecule has 2 rings (SSSR count). The Labute approximate surface area is 291 Å². The van der Waals surface area contributed by atoms with Crippen molar-refractivity contribution in [2.45, 2.75) is 69.2 Å². The summed E-state index contributed by atoms with van der Waals surface area (Å²) in [7, 11) is 28.8. The van der Waals surface area contributed by atoms with Crippen molar-refractivity contribution in [1.29, 1.82) is 0 Å². The SMILES string of the molecule is C[C]1[CH][C](C)[C](C)[C](C)[C]1C.C[C]1[CH][C](C)[C](C)[C](C)[C]1C.[Cl][Ru+2].[Cl][Ru+2].[Cl][Sb][Cl].[Cl][Sb][Cl].[SH-].[SH-]. The van der Waals surface area contributed by atoms with Gasteiger partial charge in [-0.15, -0.1) is 0 Å². The predicted octanol–water partition coefficient (Wildman–Crippen LogP) is 9.18. The van der Waals surface area contributed by atoms with E-state index in [1.807, 2.05) is 34.6 Å². The summed E-state index contributed by atoms with van der Waals surface area (Å²) < 4.78 is 0. The predicted molar refractivity (Wildman–Crippen MR) is 162 cm³/mol. The molecule has 0 heterocycles. The molecule has 0 bridgehead atoms. The molecule has 0 amide bonds. The second-order valence-electron chi connectivity index (χ2n) is 6.90. The van der Waals surface area contributed by atoms with Crippen LogP contribution in [-0.2, 0) is 61.6 Å². The quantitative estimate of drug-likeness (QED) is 0.135. The summed E-state index contributed by atoms with van der Waals surface area (Å²) in [6.45, 7) is 21.9. The zero-order valence-electron chi connectivity index (χ0n) is 20.9. The molecule has 0 saturated heterocycles. The maximum Gasteiger partial charge on any atom is -0.813 e. The molecule has 0 aromatic heterocycles. The molecule has 0 N–H and O–H groups in total. The second kappa shape index (κ2) is 34.5. The Bertz CT molecular complexity index is 337. The minimum Gasteiger partial charge on any atom is -0.813 e. The van der Waals surface area contributed by atoms with E-state index in [-0.39, 0.29) is 27.0 Å². The van der Waals surface area contributed by atoms with E-state index in [4.69, 9.17) is 35.3 Å². The maximum atomic E-state index is 4.91. The summed E-state index contributed by atoms with van der Waals surface area (Å²) in [6.07, 6.45) is 4.52. The van der Waals surface area contributed by atoms with Gasteiger partial charge in [0.05, 0.1) is 0 Å². The molecular weight excluding hydrogens is 987 g/mol. The van der Waals surface area contributed by atoms with Crippen LogP contribution < -0.4 is 0 Å². The first kappa shape index (κ1) is 52.0. The van der Waals surface area contributed by atoms with Gasteiger partial charge in [0.1, 0.15) is 0 Å². The molecule has 2 saturated carbocycles. The van der Waals surface area contributed by atoms with Crippen molar-refractivity contribution in [2.24, 2.45) is 0 Å². The van der Waals surface area contributed by atoms with Crippen LogP contribution in [0.5, 0.6) is 0 Å². The van der Waals surface area contributed by atoms with Crippen LogP contribution in [0.15, 0.2) is 0 Å². The van der Waals surface area contributed by atoms with Gasteiger partial charge in [-0.25, -0.2) is 0 Å². The smallest absolute Gasteiger partial charge is 0.813 e. The average Bonchev–Trinajstić information content (AvgIpc) is 2.78. The first-order chi connectivity index (χ1) is 14.9. The molecule has 2 fully saturated rings. The largest absolute Gasteiger partial charge is 0.813 e. The van der Waals surface area contributed by atoms with Crippen LogP contribution in [0, 0.1) is 72.0 Å². The molecule has 34 heavy (non-hydrogen) atoms. The van der Waals surface area contributed by atoms with Crippen LogP contribution in [0.3, 0.4) is 0 Å². The summed E-state index contributed by atoms with van der Waals surface area (Å²) in [5, 5.41) is 0. The first-order valence-electron chi connectivity index (χ1n) is 9.10. The zero-order chi connectivity index (χ0) is 26.6. The number of thiol groups is 2. The van der Waals surface area contributed by atoms with E-state index in [0.717, 1.165) is 0 Å². The number of halogens is 6. The molecule has 200 valence electrons. The van der Waals surface area contributed by atoms with Crippen molar-refractivity contribution in [3.63, 3.8) is 0 Å². The standard InChI is InChI=1S/2C11H16.6ClH.2Ru.2H2S.2Sb/c2*1-7-6-8(2)10(4)11(5)9(7)3;;;;;;;;;;;;/h2*6H,1-5H3;6*1H;;;2*1H2;;/q;;;;;;;;2*+3;;;2*+2/p-8. The van der Waals surface area contributed by atoms with E-state index in [2.05, 4.69) is 101 Å². The summed E-state index contributed by atoms with van der Waals surface area (Å²) in [5.41, 5.74) is 0. The average molecular weight is 1020 g/mol. The van der Waals surface area contributed by atoms with Gasteiger partial charge in [-0.3, -0.25) is 0 Å². The van der Waals surface area contributed by atoms with Crippen LogP contribution in [0.1, 0.15) is 69.2 Å². The Morgan fingerprint density at radius 3 is 0.647 bits per heavy atom. The van der Waals surface area contributed by atoms with Gasteiger partial charge in [0.15, 0.2) is 0 Å². The molecule has 0 spiro atoms. The summed E-state index contributed by atoms with van der Waals surface area (Å²) in [6, 6.07) is 0. The van der Waals surface area contributed by atoms with E-state index in [0.29, 0.717) is 0 Å². The summed E-state index contributed by atoms with van der Waals surface area (Å²) in [5.74, 6) is 14.3. The molecule has 0 aromatic carbocycles. The van der Waals surface area contributed by atoms with Crippen LogP contribution in [0.25, 0.3) is 0 Å². The fourth-order valence-corrected chi connectivity index (χ4v) is 2.83. The normalized spacial score (nSPS) is 19.5. The van der Waals surface area contributed by atoms with Gasteiger partial charge in [-0.2, -0.15) is 0 Å². The summed E-state index contributed by atoms with van der Waals surface area (Å²) in [4.78, 5) is 0. The van der Waals surface area contributed by atoms with Gasteiger partial charge in [0.2, 0.25) is 0 Å². The van der Waals surface area contributed by atoms with Crippen molar-refractivity contribution < 1.29 is 34.6 Å². The van der Waals surface area contributed by atoms with Gasteiger partial charge in [0, 0.05) is 0 Å². The van der Waals surface area contributed by atoms with Crippen molar-refractivity contribution in [3.8, 4) is 0 Å². The van der Waals surface area contributed by atoms with Crippen molar-refractivity contribution in [2.75, 3.05) is 0 Å². The van der Waals surface area contributed by atoms with Gasteiger partial charge in [-0.05, 0) is 72.0 Å². The Kier molecular flexibility index (Phi) is 52.8. The van der Waals surface area contributed by atoms with E-state index in [9.17, 15) is 0 Å². The molecule has 2 aliphatic rings. The molecule has 0 nitrogen and oxygen atoms in total. The number of hydrogen-bond acceptors (Lipinski definition) is 2. The number of hydrogen-bond donors (Lipinski definition) is 0. The van der Waals surface area contributed by atoms with Crippen LogP contribution >= 0.6 is 54.7 Å². The van der Waals surface area contributed by atoms with Crippen LogP contribution in [-0.4, -0.2) is 38.7 Å². The Morgan fingerprint density at radius 1 is 0.412 bits per heavy atom. The Balaban J connectivity index is -0.0000000804.